The van der Waals surface area contributed by atoms with Gasteiger partial charge in [0, 0.05) is 50.0 Å². The summed E-state index contributed by atoms with van der Waals surface area (Å²) in [5.41, 5.74) is 0.803. The molecule has 0 saturated heterocycles. The molecule has 31 heavy (non-hydrogen) atoms. The number of aliphatic imine (C=N–C) groups is 1. The largest absolute Gasteiger partial charge is 0.433 e. The lowest BCUT2D eigenvalue weighted by molar-refractivity contribution is -0.141. The second kappa shape index (κ2) is 11.1. The summed E-state index contributed by atoms with van der Waals surface area (Å²) >= 11 is 0. The zero-order valence-electron chi connectivity index (χ0n) is 16.6. The average Bonchev–Trinajstić information content (AvgIpc) is 3.11. The minimum atomic E-state index is -4.51. The number of H-pyrrole nitrogens is 1. The van der Waals surface area contributed by atoms with Crippen molar-refractivity contribution in [1.29, 1.82) is 0 Å². The highest BCUT2D eigenvalue weighted by atomic mass is 127. The molecule has 7 nitrogen and oxygen atoms in total. The number of benzene rings is 1. The summed E-state index contributed by atoms with van der Waals surface area (Å²) in [6.07, 6.45) is -0.905. The van der Waals surface area contributed by atoms with Crippen LogP contribution in [0.3, 0.4) is 0 Å². The zero-order valence-corrected chi connectivity index (χ0v) is 18.9. The van der Waals surface area contributed by atoms with Crippen LogP contribution in [0.1, 0.15) is 11.3 Å². The number of guanidine groups is 1. The summed E-state index contributed by atoms with van der Waals surface area (Å²) in [6.45, 7) is 1.29. The molecule has 4 N–H and O–H groups in total. The van der Waals surface area contributed by atoms with E-state index >= 15 is 0 Å². The Balaban J connectivity index is 0.00000341. The average molecular weight is 551 g/mol. The van der Waals surface area contributed by atoms with Gasteiger partial charge in [0.15, 0.2) is 5.96 Å². The third-order valence-corrected chi connectivity index (χ3v) is 4.29. The Kier molecular flexibility index (Phi) is 8.83. The van der Waals surface area contributed by atoms with E-state index in [0.29, 0.717) is 32.0 Å². The number of nitrogens with one attached hydrogen (secondary N) is 4. The number of hydrogen-bond donors (Lipinski definition) is 4. The summed E-state index contributed by atoms with van der Waals surface area (Å²) in [7, 11) is 1.62. The monoisotopic (exact) mass is 551 g/mol. The lowest BCUT2D eigenvalue weighted by Crippen LogP contribution is -2.40. The fourth-order valence-corrected chi connectivity index (χ4v) is 2.86. The SMILES string of the molecule is CN=C(NCCNc1nccc(C(F)(F)F)n1)NCCc1c[nH]c2cc(F)ccc12.I. The smallest absolute Gasteiger partial charge is 0.361 e. The summed E-state index contributed by atoms with van der Waals surface area (Å²) in [4.78, 5) is 14.4. The molecule has 0 aliphatic carbocycles. The number of nitrogens with zero attached hydrogens (tertiary/aromatic N) is 3. The van der Waals surface area contributed by atoms with Crippen LogP contribution in [0.2, 0.25) is 0 Å². The summed E-state index contributed by atoms with van der Waals surface area (Å²) in [5, 5.41) is 9.91. The van der Waals surface area contributed by atoms with E-state index in [-0.39, 0.29) is 35.7 Å². The van der Waals surface area contributed by atoms with Gasteiger partial charge in [0.1, 0.15) is 11.5 Å². The maximum atomic E-state index is 13.3. The fourth-order valence-electron chi connectivity index (χ4n) is 2.86. The van der Waals surface area contributed by atoms with Crippen molar-refractivity contribution in [2.75, 3.05) is 32.0 Å². The van der Waals surface area contributed by atoms with Crippen molar-refractivity contribution >= 4 is 46.8 Å². The predicted octanol–water partition coefficient (Wildman–Crippen LogP) is 3.55. The molecule has 1 aromatic carbocycles. The minimum absolute atomic E-state index is 0. The Morgan fingerprint density at radius 3 is 2.65 bits per heavy atom. The van der Waals surface area contributed by atoms with E-state index in [1.165, 1.54) is 12.1 Å². The summed E-state index contributed by atoms with van der Waals surface area (Å²) in [6, 6.07) is 5.44. The molecular formula is C19H22F4IN7. The highest BCUT2D eigenvalue weighted by Crippen LogP contribution is 2.27. The first-order valence-corrected chi connectivity index (χ1v) is 9.21. The number of rotatable bonds is 7. The number of halogens is 5. The highest BCUT2D eigenvalue weighted by Gasteiger charge is 2.32. The molecule has 2 aromatic heterocycles. The Morgan fingerprint density at radius 2 is 1.90 bits per heavy atom. The Bertz CT molecular complexity index is 1020. The molecule has 0 spiro atoms. The van der Waals surface area contributed by atoms with Gasteiger partial charge in [0.2, 0.25) is 5.95 Å². The van der Waals surface area contributed by atoms with Crippen LogP contribution in [0.4, 0.5) is 23.5 Å². The number of aromatic amines is 1. The molecule has 0 radical (unpaired) electrons. The number of anilines is 1. The first kappa shape index (κ1) is 24.6. The van der Waals surface area contributed by atoms with Gasteiger partial charge in [-0.05, 0) is 36.2 Å². The van der Waals surface area contributed by atoms with Crippen LogP contribution in [0.15, 0.2) is 41.7 Å². The quantitative estimate of drug-likeness (QED) is 0.119. The summed E-state index contributed by atoms with van der Waals surface area (Å²) < 4.78 is 51.2. The van der Waals surface area contributed by atoms with E-state index < -0.39 is 11.9 Å². The van der Waals surface area contributed by atoms with Gasteiger partial charge in [-0.2, -0.15) is 13.2 Å². The Morgan fingerprint density at radius 1 is 1.13 bits per heavy atom. The second-order valence-corrected chi connectivity index (χ2v) is 6.37. The molecule has 0 saturated carbocycles. The van der Waals surface area contributed by atoms with Crippen molar-refractivity contribution in [3.63, 3.8) is 0 Å². The van der Waals surface area contributed by atoms with Gasteiger partial charge in [-0.25, -0.2) is 14.4 Å². The van der Waals surface area contributed by atoms with Gasteiger partial charge in [0.05, 0.1) is 0 Å². The van der Waals surface area contributed by atoms with Gasteiger partial charge in [0.25, 0.3) is 0 Å². The summed E-state index contributed by atoms with van der Waals surface area (Å²) in [5.74, 6) is 0.167. The third kappa shape index (κ3) is 6.94. The number of fused-ring (bicyclic) bond motifs is 1. The molecule has 0 aliphatic rings. The molecule has 3 rings (SSSR count). The van der Waals surface area contributed by atoms with Crippen molar-refractivity contribution < 1.29 is 17.6 Å². The first-order valence-electron chi connectivity index (χ1n) is 9.21. The highest BCUT2D eigenvalue weighted by molar-refractivity contribution is 14.0. The lowest BCUT2D eigenvalue weighted by Gasteiger charge is -2.12. The molecule has 0 atom stereocenters. The molecule has 0 aliphatic heterocycles. The molecule has 12 heteroatoms. The van der Waals surface area contributed by atoms with Crippen LogP contribution in [0, 0.1) is 5.82 Å². The first-order chi connectivity index (χ1) is 14.4. The predicted molar refractivity (Wildman–Crippen MR) is 122 cm³/mol. The van der Waals surface area contributed by atoms with Gasteiger partial charge >= 0.3 is 6.18 Å². The number of alkyl halides is 3. The topological polar surface area (TPSA) is 90.0 Å². The van der Waals surface area contributed by atoms with Crippen LogP contribution in [-0.2, 0) is 12.6 Å². The van der Waals surface area contributed by atoms with Crippen LogP contribution in [0.25, 0.3) is 10.9 Å². The van der Waals surface area contributed by atoms with E-state index in [2.05, 4.69) is 35.9 Å². The maximum absolute atomic E-state index is 13.3. The molecule has 3 aromatic rings. The van der Waals surface area contributed by atoms with Crippen molar-refractivity contribution in [3.05, 3.63) is 53.7 Å². The Hall–Kier alpha value is -2.64. The standard InChI is InChI=1S/C19H21F4N7.HI/c1-24-17(25-6-4-12-11-29-15-10-13(20)2-3-14(12)15)27-8-9-28-18-26-7-5-16(30-18)19(21,22)23;/h2-3,5,7,10-11,29H,4,6,8-9H2,1H3,(H2,24,25,27)(H,26,28,30);1H. The number of aromatic nitrogens is 3. The van der Waals surface area contributed by atoms with E-state index in [9.17, 15) is 17.6 Å². The third-order valence-electron chi connectivity index (χ3n) is 4.29. The molecule has 0 unspecified atom stereocenters. The van der Waals surface area contributed by atoms with Gasteiger partial charge < -0.3 is 20.9 Å². The van der Waals surface area contributed by atoms with Crippen molar-refractivity contribution in [1.82, 2.24) is 25.6 Å². The number of hydrogen-bond acceptors (Lipinski definition) is 4. The van der Waals surface area contributed by atoms with Gasteiger partial charge in [-0.3, -0.25) is 4.99 Å². The normalized spacial score (nSPS) is 11.8. The minimum Gasteiger partial charge on any atom is -0.361 e. The lowest BCUT2D eigenvalue weighted by atomic mass is 10.1. The maximum Gasteiger partial charge on any atom is 0.433 e. The van der Waals surface area contributed by atoms with Crippen LogP contribution in [0.5, 0.6) is 0 Å². The Labute approximate surface area is 193 Å². The van der Waals surface area contributed by atoms with Gasteiger partial charge in [-0.1, -0.05) is 0 Å². The molecule has 2 heterocycles. The van der Waals surface area contributed by atoms with Crippen LogP contribution < -0.4 is 16.0 Å². The zero-order chi connectivity index (χ0) is 21.6. The van der Waals surface area contributed by atoms with E-state index in [1.54, 1.807) is 13.1 Å². The van der Waals surface area contributed by atoms with Crippen molar-refractivity contribution in [3.8, 4) is 0 Å². The molecule has 0 amide bonds. The molecule has 0 bridgehead atoms. The van der Waals surface area contributed by atoms with Crippen molar-refractivity contribution in [2.45, 2.75) is 12.6 Å². The fraction of sp³-hybridized carbons (Fsp3) is 0.316. The van der Waals surface area contributed by atoms with Crippen LogP contribution >= 0.6 is 24.0 Å². The van der Waals surface area contributed by atoms with E-state index in [4.69, 9.17) is 0 Å². The molecular weight excluding hydrogens is 529 g/mol. The molecule has 168 valence electrons. The van der Waals surface area contributed by atoms with Crippen LogP contribution in [-0.4, -0.2) is 47.6 Å². The second-order valence-electron chi connectivity index (χ2n) is 6.37. The van der Waals surface area contributed by atoms with E-state index in [1.807, 2.05) is 6.20 Å². The molecule has 0 fully saturated rings. The van der Waals surface area contributed by atoms with Crippen molar-refractivity contribution in [2.24, 2.45) is 4.99 Å². The van der Waals surface area contributed by atoms with Gasteiger partial charge in [-0.15, -0.1) is 24.0 Å². The van der Waals surface area contributed by atoms with E-state index in [0.717, 1.165) is 28.7 Å².